The van der Waals surface area contributed by atoms with Gasteiger partial charge in [0, 0.05) is 18.2 Å². The first kappa shape index (κ1) is 11.9. The van der Waals surface area contributed by atoms with Crippen LogP contribution in [-0.2, 0) is 0 Å². The maximum Gasteiger partial charge on any atom is 0.294 e. The number of imidazole rings is 1. The zero-order chi connectivity index (χ0) is 13.2. The first-order chi connectivity index (χ1) is 9.22. The normalized spacial score (nSPS) is 18.8. The zero-order valence-corrected chi connectivity index (χ0v) is 10.3. The number of nitro benzene ring substituents is 1. The van der Waals surface area contributed by atoms with E-state index in [4.69, 9.17) is 4.74 Å². The summed E-state index contributed by atoms with van der Waals surface area (Å²) in [5, 5.41) is 14.0. The number of nitro groups is 1. The summed E-state index contributed by atoms with van der Waals surface area (Å²) in [4.78, 5) is 17.5. The minimum atomic E-state index is -0.427. The highest BCUT2D eigenvalue weighted by molar-refractivity contribution is 5.78. The van der Waals surface area contributed by atoms with Gasteiger partial charge in [-0.25, -0.2) is 0 Å². The topological polar surface area (TPSA) is 93.1 Å². The highest BCUT2D eigenvalue weighted by atomic mass is 16.6. The molecular formula is C12H14N4O3. The van der Waals surface area contributed by atoms with Gasteiger partial charge in [-0.1, -0.05) is 0 Å². The maximum absolute atomic E-state index is 10.7. The minimum Gasteiger partial charge on any atom is -0.463 e. The number of rotatable bonds is 4. The number of non-ortho nitro benzene ring substituents is 1. The van der Waals surface area contributed by atoms with Crippen molar-refractivity contribution in [1.29, 1.82) is 0 Å². The number of nitrogens with one attached hydrogen (secondary N) is 2. The van der Waals surface area contributed by atoms with Crippen LogP contribution >= 0.6 is 0 Å². The molecule has 2 N–H and O–H groups in total. The number of hydrogen-bond donors (Lipinski definition) is 2. The molecule has 1 aliphatic heterocycles. The fourth-order valence-corrected chi connectivity index (χ4v) is 2.23. The summed E-state index contributed by atoms with van der Waals surface area (Å²) < 4.78 is 5.58. The number of aromatic amines is 1. The summed E-state index contributed by atoms with van der Waals surface area (Å²) >= 11 is 0. The van der Waals surface area contributed by atoms with Crippen molar-refractivity contribution in [1.82, 2.24) is 15.3 Å². The van der Waals surface area contributed by atoms with Gasteiger partial charge < -0.3 is 15.0 Å². The number of H-pyrrole nitrogens is 1. The predicted octanol–water partition coefficient (Wildman–Crippen LogP) is 1.60. The van der Waals surface area contributed by atoms with Gasteiger partial charge in [0.15, 0.2) is 0 Å². The molecule has 0 radical (unpaired) electrons. The second-order valence-electron chi connectivity index (χ2n) is 4.60. The van der Waals surface area contributed by atoms with Gasteiger partial charge in [-0.05, 0) is 25.5 Å². The Labute approximate surface area is 109 Å². The van der Waals surface area contributed by atoms with Gasteiger partial charge >= 0.3 is 0 Å². The SMILES string of the molecule is O=[N+]([O-])c1ccc2nc(OC[C@@H]3CCCN3)[nH]c2c1. The van der Waals surface area contributed by atoms with Crippen molar-refractivity contribution in [3.63, 3.8) is 0 Å². The van der Waals surface area contributed by atoms with Crippen LogP contribution in [0.5, 0.6) is 6.01 Å². The Kier molecular flexibility index (Phi) is 3.04. The molecule has 1 aromatic heterocycles. The number of ether oxygens (including phenoxy) is 1. The van der Waals surface area contributed by atoms with Crippen LogP contribution in [0.2, 0.25) is 0 Å². The molecule has 1 aliphatic rings. The molecule has 0 bridgehead atoms. The van der Waals surface area contributed by atoms with Gasteiger partial charge in [0.2, 0.25) is 0 Å². The van der Waals surface area contributed by atoms with Crippen molar-refractivity contribution >= 4 is 16.7 Å². The van der Waals surface area contributed by atoms with Crippen molar-refractivity contribution in [3.8, 4) is 6.01 Å². The number of hydrogen-bond acceptors (Lipinski definition) is 5. The van der Waals surface area contributed by atoms with Gasteiger partial charge in [0.05, 0.1) is 16.0 Å². The van der Waals surface area contributed by atoms with Crippen molar-refractivity contribution in [3.05, 3.63) is 28.3 Å². The Balaban J connectivity index is 1.75. The lowest BCUT2D eigenvalue weighted by Crippen LogP contribution is -2.28. The van der Waals surface area contributed by atoms with Crippen LogP contribution < -0.4 is 10.1 Å². The van der Waals surface area contributed by atoms with Gasteiger partial charge in [-0.2, -0.15) is 4.98 Å². The van der Waals surface area contributed by atoms with E-state index in [1.54, 1.807) is 6.07 Å². The molecule has 7 nitrogen and oxygen atoms in total. The average molecular weight is 262 g/mol. The van der Waals surface area contributed by atoms with Gasteiger partial charge in [-0.15, -0.1) is 0 Å². The molecule has 0 saturated carbocycles. The smallest absolute Gasteiger partial charge is 0.294 e. The number of nitrogens with zero attached hydrogens (tertiary/aromatic N) is 2. The second kappa shape index (κ2) is 4.85. The van der Waals surface area contributed by atoms with Gasteiger partial charge in [-0.3, -0.25) is 10.1 Å². The molecule has 7 heteroatoms. The number of aromatic nitrogens is 2. The molecule has 0 spiro atoms. The molecule has 2 aromatic rings. The molecule has 0 unspecified atom stereocenters. The zero-order valence-electron chi connectivity index (χ0n) is 10.3. The molecule has 2 heterocycles. The van der Waals surface area contributed by atoms with E-state index in [2.05, 4.69) is 15.3 Å². The summed E-state index contributed by atoms with van der Waals surface area (Å²) in [5.74, 6) is 0. The van der Waals surface area contributed by atoms with Crippen molar-refractivity contribution < 1.29 is 9.66 Å². The van der Waals surface area contributed by atoms with Crippen LogP contribution in [0.15, 0.2) is 18.2 Å². The monoisotopic (exact) mass is 262 g/mol. The maximum atomic E-state index is 10.7. The number of fused-ring (bicyclic) bond motifs is 1. The minimum absolute atomic E-state index is 0.0418. The number of benzene rings is 1. The van der Waals surface area contributed by atoms with Crippen molar-refractivity contribution in [2.75, 3.05) is 13.2 Å². The third-order valence-corrected chi connectivity index (χ3v) is 3.24. The molecular weight excluding hydrogens is 248 g/mol. The van der Waals surface area contributed by atoms with Gasteiger partial charge in [0.1, 0.15) is 6.61 Å². The summed E-state index contributed by atoms with van der Waals surface area (Å²) in [6, 6.07) is 5.28. The Bertz CT molecular complexity index is 604. The van der Waals surface area contributed by atoms with E-state index in [1.807, 2.05) is 0 Å². The second-order valence-corrected chi connectivity index (χ2v) is 4.60. The highest BCUT2D eigenvalue weighted by Crippen LogP contribution is 2.21. The fraction of sp³-hybridized carbons (Fsp3) is 0.417. The first-order valence-corrected chi connectivity index (χ1v) is 6.23. The van der Waals surface area contributed by atoms with E-state index in [0.717, 1.165) is 13.0 Å². The molecule has 1 aromatic carbocycles. The lowest BCUT2D eigenvalue weighted by Gasteiger charge is -2.09. The highest BCUT2D eigenvalue weighted by Gasteiger charge is 2.16. The van der Waals surface area contributed by atoms with E-state index in [0.29, 0.717) is 29.7 Å². The standard InChI is InChI=1S/C12H14N4O3/c17-16(18)9-3-4-10-11(6-9)15-12(14-10)19-7-8-2-1-5-13-8/h3-4,6,8,13H,1-2,5,7H2,(H,14,15)/t8-/m0/s1. The Morgan fingerprint density at radius 1 is 1.53 bits per heavy atom. The first-order valence-electron chi connectivity index (χ1n) is 6.23. The third kappa shape index (κ3) is 2.50. The summed E-state index contributed by atoms with van der Waals surface area (Å²) in [6.07, 6.45) is 2.27. The molecule has 19 heavy (non-hydrogen) atoms. The van der Waals surface area contributed by atoms with Crippen LogP contribution in [0.4, 0.5) is 5.69 Å². The van der Waals surface area contributed by atoms with Gasteiger partial charge in [0.25, 0.3) is 11.7 Å². The molecule has 3 rings (SSSR count). The summed E-state index contributed by atoms with van der Waals surface area (Å²) in [5.41, 5.74) is 1.32. The van der Waals surface area contributed by atoms with E-state index in [9.17, 15) is 10.1 Å². The van der Waals surface area contributed by atoms with Crippen LogP contribution in [0.25, 0.3) is 11.0 Å². The van der Waals surface area contributed by atoms with Crippen molar-refractivity contribution in [2.45, 2.75) is 18.9 Å². The Morgan fingerprint density at radius 3 is 3.16 bits per heavy atom. The van der Waals surface area contributed by atoms with E-state index >= 15 is 0 Å². The van der Waals surface area contributed by atoms with E-state index < -0.39 is 4.92 Å². The van der Waals surface area contributed by atoms with Crippen LogP contribution in [0, 0.1) is 10.1 Å². The quantitative estimate of drug-likeness (QED) is 0.645. The van der Waals surface area contributed by atoms with Crippen LogP contribution in [0.3, 0.4) is 0 Å². The molecule has 1 saturated heterocycles. The van der Waals surface area contributed by atoms with E-state index in [1.165, 1.54) is 18.6 Å². The molecule has 0 amide bonds. The molecule has 1 fully saturated rings. The fourth-order valence-electron chi connectivity index (χ4n) is 2.23. The molecule has 1 atom stereocenters. The lowest BCUT2D eigenvalue weighted by atomic mass is 10.2. The van der Waals surface area contributed by atoms with Crippen molar-refractivity contribution in [2.24, 2.45) is 0 Å². The summed E-state index contributed by atoms with van der Waals surface area (Å²) in [6.45, 7) is 1.59. The average Bonchev–Trinajstić information content (AvgIpc) is 3.04. The predicted molar refractivity (Wildman–Crippen MR) is 69.3 cm³/mol. The van der Waals surface area contributed by atoms with Crippen LogP contribution in [-0.4, -0.2) is 34.1 Å². The largest absolute Gasteiger partial charge is 0.463 e. The Morgan fingerprint density at radius 2 is 2.42 bits per heavy atom. The Hall–Kier alpha value is -2.15. The lowest BCUT2D eigenvalue weighted by molar-refractivity contribution is -0.384. The van der Waals surface area contributed by atoms with E-state index in [-0.39, 0.29) is 5.69 Å². The van der Waals surface area contributed by atoms with Crippen LogP contribution in [0.1, 0.15) is 12.8 Å². The summed E-state index contributed by atoms with van der Waals surface area (Å²) in [7, 11) is 0. The molecule has 0 aliphatic carbocycles. The third-order valence-electron chi connectivity index (χ3n) is 3.24. The molecule has 100 valence electrons.